The van der Waals surface area contributed by atoms with Crippen LogP contribution in [0.25, 0.3) is 0 Å². The number of aliphatic hydroxyl groups excluding tert-OH is 1. The van der Waals surface area contributed by atoms with Gasteiger partial charge in [-0.05, 0) is 73.7 Å². The number of methoxy groups -OCH3 is 2. The molecule has 6 nitrogen and oxygen atoms in total. The van der Waals surface area contributed by atoms with E-state index in [0.717, 1.165) is 30.1 Å². The molecule has 2 aromatic rings. The summed E-state index contributed by atoms with van der Waals surface area (Å²) in [5, 5.41) is 18.7. The zero-order valence-electron chi connectivity index (χ0n) is 20.4. The second-order valence-corrected chi connectivity index (χ2v) is 8.48. The summed E-state index contributed by atoms with van der Waals surface area (Å²) in [4.78, 5) is 0. The number of rotatable bonds is 7. The molecule has 0 spiro atoms. The number of allylic oxidation sites excluding steroid dienone is 3. The number of hydrogen-bond donors (Lipinski definition) is 2. The van der Waals surface area contributed by atoms with E-state index in [1.165, 1.54) is 37.4 Å². The lowest BCUT2D eigenvalue weighted by molar-refractivity contribution is -0.137. The van der Waals surface area contributed by atoms with Gasteiger partial charge >= 0.3 is 6.18 Å². The van der Waals surface area contributed by atoms with E-state index in [4.69, 9.17) is 14.6 Å². The molecular weight excluding hydrogens is 471 g/mol. The molecule has 190 valence electrons. The molecule has 0 amide bonds. The van der Waals surface area contributed by atoms with Crippen LogP contribution in [-0.2, 0) is 6.18 Å². The Bertz CT molecular complexity index is 1260. The van der Waals surface area contributed by atoms with Crippen LogP contribution in [0.5, 0.6) is 11.5 Å². The van der Waals surface area contributed by atoms with E-state index in [0.29, 0.717) is 40.6 Å². The number of alkyl halides is 3. The average Bonchev–Trinajstić information content (AvgIpc) is 3.37. The lowest BCUT2D eigenvalue weighted by atomic mass is 9.95. The SMILES string of the molecule is C=C1C2=C(CCC2)C(c2cc(OC)cc(OC)c2)=NN1c1cc(NC/C(O)=C\C)ccc1C(F)(F)F. The van der Waals surface area contributed by atoms with Gasteiger partial charge in [-0.25, -0.2) is 5.01 Å². The van der Waals surface area contributed by atoms with Crippen molar-refractivity contribution in [1.82, 2.24) is 0 Å². The van der Waals surface area contributed by atoms with E-state index in [1.54, 1.807) is 25.1 Å². The van der Waals surface area contributed by atoms with Crippen LogP contribution in [0.2, 0.25) is 0 Å². The third kappa shape index (κ3) is 4.91. The molecular formula is C27H28F3N3O3. The van der Waals surface area contributed by atoms with Gasteiger partial charge < -0.3 is 19.9 Å². The van der Waals surface area contributed by atoms with Crippen molar-refractivity contribution in [3.63, 3.8) is 0 Å². The standard InChI is InChI=1S/C27H28F3N3O3/c1-5-19(34)15-31-18-9-10-24(27(28,29)30)25(13-18)33-16(2)22-7-6-8-23(22)26(32-33)17-11-20(35-3)14-21(12-17)36-4/h5,9-14,31,34H,2,6-8,15H2,1,3-4H3/b19-5+. The van der Waals surface area contributed by atoms with Crippen molar-refractivity contribution in [3.8, 4) is 11.5 Å². The fraction of sp³-hybridized carbons (Fsp3) is 0.296. The summed E-state index contributed by atoms with van der Waals surface area (Å²) in [6, 6.07) is 9.03. The normalized spacial score (nSPS) is 16.2. The van der Waals surface area contributed by atoms with Crippen molar-refractivity contribution >= 4 is 17.1 Å². The van der Waals surface area contributed by atoms with Crippen LogP contribution < -0.4 is 19.8 Å². The Morgan fingerprint density at radius 3 is 2.39 bits per heavy atom. The lowest BCUT2D eigenvalue weighted by Crippen LogP contribution is -2.27. The quantitative estimate of drug-likeness (QED) is 0.410. The van der Waals surface area contributed by atoms with Gasteiger partial charge in [0.25, 0.3) is 0 Å². The first-order chi connectivity index (χ1) is 17.2. The van der Waals surface area contributed by atoms with Crippen molar-refractivity contribution < 1.29 is 27.8 Å². The van der Waals surface area contributed by atoms with Crippen LogP contribution in [0, 0.1) is 0 Å². The molecule has 0 atom stereocenters. The molecule has 1 aliphatic heterocycles. The molecule has 2 N–H and O–H groups in total. The van der Waals surface area contributed by atoms with E-state index in [-0.39, 0.29) is 18.0 Å². The number of nitrogens with one attached hydrogen (secondary N) is 1. The number of benzene rings is 2. The molecule has 0 saturated heterocycles. The Morgan fingerprint density at radius 2 is 1.78 bits per heavy atom. The van der Waals surface area contributed by atoms with Crippen LogP contribution in [0.15, 0.2) is 76.8 Å². The average molecular weight is 500 g/mol. The van der Waals surface area contributed by atoms with E-state index in [9.17, 15) is 18.3 Å². The predicted molar refractivity (Wildman–Crippen MR) is 135 cm³/mol. The number of aliphatic hydroxyl groups is 1. The monoisotopic (exact) mass is 499 g/mol. The predicted octanol–water partition coefficient (Wildman–Crippen LogP) is 6.81. The summed E-state index contributed by atoms with van der Waals surface area (Å²) in [6.07, 6.45) is -0.805. The molecule has 0 unspecified atom stereocenters. The molecule has 36 heavy (non-hydrogen) atoms. The minimum atomic E-state index is -4.61. The molecule has 2 aliphatic rings. The molecule has 0 radical (unpaired) electrons. The first kappa shape index (κ1) is 25.2. The highest BCUT2D eigenvalue weighted by molar-refractivity contribution is 6.15. The maximum Gasteiger partial charge on any atom is 0.418 e. The molecule has 0 bridgehead atoms. The smallest absolute Gasteiger partial charge is 0.418 e. The molecule has 9 heteroatoms. The number of anilines is 2. The van der Waals surface area contributed by atoms with E-state index >= 15 is 0 Å². The van der Waals surface area contributed by atoms with Gasteiger partial charge in [-0.15, -0.1) is 0 Å². The Kier molecular flexibility index (Phi) is 7.01. The first-order valence-electron chi connectivity index (χ1n) is 11.5. The third-order valence-corrected chi connectivity index (χ3v) is 6.27. The first-order valence-corrected chi connectivity index (χ1v) is 11.5. The maximum absolute atomic E-state index is 14.1. The molecule has 1 aliphatic carbocycles. The summed E-state index contributed by atoms with van der Waals surface area (Å²) in [5.41, 5.74) is 2.93. The van der Waals surface area contributed by atoms with Crippen molar-refractivity contribution in [2.24, 2.45) is 5.10 Å². The van der Waals surface area contributed by atoms with Gasteiger partial charge in [0.05, 0.1) is 43.4 Å². The molecule has 4 rings (SSSR count). The van der Waals surface area contributed by atoms with E-state index in [2.05, 4.69) is 11.9 Å². The van der Waals surface area contributed by atoms with Crippen molar-refractivity contribution in [2.45, 2.75) is 32.4 Å². The van der Waals surface area contributed by atoms with Gasteiger partial charge in [0.1, 0.15) is 17.3 Å². The van der Waals surface area contributed by atoms with Gasteiger partial charge in [0.15, 0.2) is 0 Å². The summed E-state index contributed by atoms with van der Waals surface area (Å²) >= 11 is 0. The second-order valence-electron chi connectivity index (χ2n) is 8.48. The molecule has 1 heterocycles. The van der Waals surface area contributed by atoms with Crippen molar-refractivity contribution in [2.75, 3.05) is 31.1 Å². The molecule has 0 fully saturated rings. The second kappa shape index (κ2) is 10.0. The number of hydrazone groups is 1. The zero-order valence-corrected chi connectivity index (χ0v) is 20.4. The summed E-state index contributed by atoms with van der Waals surface area (Å²) in [6.45, 7) is 5.87. The molecule has 0 aromatic heterocycles. The third-order valence-electron chi connectivity index (χ3n) is 6.27. The molecule has 0 saturated carbocycles. The van der Waals surface area contributed by atoms with Crippen molar-refractivity contribution in [3.05, 3.63) is 82.8 Å². The van der Waals surface area contributed by atoms with Crippen LogP contribution in [-0.4, -0.2) is 31.6 Å². The summed E-state index contributed by atoms with van der Waals surface area (Å²) in [5.74, 6) is 1.18. The fourth-order valence-electron chi connectivity index (χ4n) is 4.40. The topological polar surface area (TPSA) is 66.3 Å². The number of hydrogen-bond acceptors (Lipinski definition) is 6. The van der Waals surface area contributed by atoms with Crippen molar-refractivity contribution in [1.29, 1.82) is 0 Å². The Morgan fingerprint density at radius 1 is 1.11 bits per heavy atom. The number of nitrogens with zero attached hydrogens (tertiary/aromatic N) is 2. The lowest BCUT2D eigenvalue weighted by Gasteiger charge is -2.31. The highest BCUT2D eigenvalue weighted by Crippen LogP contribution is 2.45. The Hall–Kier alpha value is -3.88. The van der Waals surface area contributed by atoms with Gasteiger partial charge in [-0.3, -0.25) is 0 Å². The van der Waals surface area contributed by atoms with Gasteiger partial charge in [0.2, 0.25) is 0 Å². The van der Waals surface area contributed by atoms with E-state index < -0.39 is 11.7 Å². The van der Waals surface area contributed by atoms with Crippen LogP contribution in [0.4, 0.5) is 24.5 Å². The maximum atomic E-state index is 14.1. The highest BCUT2D eigenvalue weighted by Gasteiger charge is 2.38. The largest absolute Gasteiger partial charge is 0.511 e. The highest BCUT2D eigenvalue weighted by atomic mass is 19.4. The molecule has 2 aromatic carbocycles. The number of ether oxygens (including phenoxy) is 2. The Balaban J connectivity index is 1.87. The van der Waals surface area contributed by atoms with Crippen LogP contribution in [0.3, 0.4) is 0 Å². The number of halogens is 3. The van der Waals surface area contributed by atoms with Gasteiger partial charge in [0, 0.05) is 17.3 Å². The minimum Gasteiger partial charge on any atom is -0.511 e. The summed E-state index contributed by atoms with van der Waals surface area (Å²) < 4.78 is 53.1. The zero-order chi connectivity index (χ0) is 26.0. The van der Waals surface area contributed by atoms with Gasteiger partial charge in [-0.2, -0.15) is 18.3 Å². The Labute approximate surface area is 208 Å². The van der Waals surface area contributed by atoms with Gasteiger partial charge in [-0.1, -0.05) is 6.58 Å². The van der Waals surface area contributed by atoms with E-state index in [1.807, 2.05) is 0 Å². The minimum absolute atomic E-state index is 0.0758. The summed E-state index contributed by atoms with van der Waals surface area (Å²) in [7, 11) is 3.07. The van der Waals surface area contributed by atoms with Crippen LogP contribution in [0.1, 0.15) is 37.3 Å². The van der Waals surface area contributed by atoms with Crippen LogP contribution >= 0.6 is 0 Å². The fourth-order valence-corrected chi connectivity index (χ4v) is 4.40.